The number of hydrogen-bond acceptors (Lipinski definition) is 6. The smallest absolute Gasteiger partial charge is 0.256 e. The SMILES string of the molecule is CCOc1cc([C@@H]2CN(C)[C@]3(C(=O)Nc4ccccc43)[C@H]2[N+](=O)[O-])cc(Br)c1OCC. The third-order valence-corrected chi connectivity index (χ3v) is 6.68. The number of likely N-dealkylation sites (N-methyl/N-ethyl adjacent to an activating group) is 1. The molecule has 1 fully saturated rings. The van der Waals surface area contributed by atoms with Crippen molar-refractivity contribution in [3.63, 3.8) is 0 Å². The zero-order valence-corrected chi connectivity index (χ0v) is 19.1. The number of hydrogen-bond donors (Lipinski definition) is 1. The molecular weight excluding hydrogens is 466 g/mol. The molecule has 4 rings (SSSR count). The summed E-state index contributed by atoms with van der Waals surface area (Å²) in [7, 11) is 1.77. The van der Waals surface area contributed by atoms with E-state index < -0.39 is 17.5 Å². The summed E-state index contributed by atoms with van der Waals surface area (Å²) in [5.74, 6) is 0.199. The van der Waals surface area contributed by atoms with Crippen molar-refractivity contribution in [2.24, 2.45) is 0 Å². The molecule has 0 saturated carbocycles. The maximum Gasteiger partial charge on any atom is 0.256 e. The zero-order chi connectivity index (χ0) is 22.3. The van der Waals surface area contributed by atoms with Gasteiger partial charge < -0.3 is 14.8 Å². The van der Waals surface area contributed by atoms with Gasteiger partial charge in [0.15, 0.2) is 17.0 Å². The predicted molar refractivity (Wildman–Crippen MR) is 119 cm³/mol. The fraction of sp³-hybridized carbons (Fsp3) is 0.409. The lowest BCUT2D eigenvalue weighted by Crippen LogP contribution is -2.54. The summed E-state index contributed by atoms with van der Waals surface area (Å²) in [6, 6.07) is 9.65. The zero-order valence-electron chi connectivity index (χ0n) is 17.6. The van der Waals surface area contributed by atoms with Crippen molar-refractivity contribution in [1.82, 2.24) is 4.90 Å². The van der Waals surface area contributed by atoms with Crippen LogP contribution in [0.5, 0.6) is 11.5 Å². The van der Waals surface area contributed by atoms with Gasteiger partial charge in [0.05, 0.1) is 23.6 Å². The molecule has 2 aromatic rings. The molecule has 2 heterocycles. The Bertz CT molecular complexity index is 1050. The van der Waals surface area contributed by atoms with E-state index in [1.165, 1.54) is 0 Å². The summed E-state index contributed by atoms with van der Waals surface area (Å²) in [6.45, 7) is 4.99. The number of halogens is 1. The summed E-state index contributed by atoms with van der Waals surface area (Å²) in [4.78, 5) is 27.1. The van der Waals surface area contributed by atoms with Crippen LogP contribution < -0.4 is 14.8 Å². The third kappa shape index (κ3) is 3.18. The van der Waals surface area contributed by atoms with Crippen molar-refractivity contribution >= 4 is 27.5 Å². The Kier molecular flexibility index (Phi) is 5.65. The van der Waals surface area contributed by atoms with Crippen molar-refractivity contribution in [3.8, 4) is 11.5 Å². The highest BCUT2D eigenvalue weighted by atomic mass is 79.9. The number of carbonyl (C=O) groups is 1. The number of anilines is 1. The number of benzene rings is 2. The number of carbonyl (C=O) groups excluding carboxylic acids is 1. The lowest BCUT2D eigenvalue weighted by Gasteiger charge is -2.30. The highest BCUT2D eigenvalue weighted by molar-refractivity contribution is 9.10. The molecule has 0 aliphatic carbocycles. The minimum atomic E-state index is -1.37. The van der Waals surface area contributed by atoms with Gasteiger partial charge in [-0.05, 0) is 60.6 Å². The Labute approximate surface area is 188 Å². The average Bonchev–Trinajstić information content (AvgIpc) is 3.20. The molecule has 0 bridgehead atoms. The minimum Gasteiger partial charge on any atom is -0.490 e. The molecule has 8 nitrogen and oxygen atoms in total. The second kappa shape index (κ2) is 8.12. The van der Waals surface area contributed by atoms with E-state index in [0.29, 0.717) is 47.0 Å². The summed E-state index contributed by atoms with van der Waals surface area (Å²) < 4.78 is 12.1. The molecule has 0 radical (unpaired) electrons. The van der Waals surface area contributed by atoms with Crippen LogP contribution in [0.4, 0.5) is 5.69 Å². The number of nitro groups is 1. The second-order valence-corrected chi connectivity index (χ2v) is 8.53. The van der Waals surface area contributed by atoms with Crippen molar-refractivity contribution in [2.75, 3.05) is 32.1 Å². The van der Waals surface area contributed by atoms with Crippen LogP contribution in [0, 0.1) is 10.1 Å². The molecule has 164 valence electrons. The van der Waals surface area contributed by atoms with Crippen LogP contribution in [0.1, 0.15) is 30.9 Å². The van der Waals surface area contributed by atoms with Crippen molar-refractivity contribution in [2.45, 2.75) is 31.3 Å². The van der Waals surface area contributed by atoms with Gasteiger partial charge in [-0.1, -0.05) is 18.2 Å². The molecule has 0 aromatic heterocycles. The van der Waals surface area contributed by atoms with Gasteiger partial charge in [0, 0.05) is 22.7 Å². The van der Waals surface area contributed by atoms with Gasteiger partial charge >= 0.3 is 0 Å². The van der Waals surface area contributed by atoms with Crippen LogP contribution in [0.15, 0.2) is 40.9 Å². The molecular formula is C22H24BrN3O5. The number of likely N-dealkylation sites (tertiary alicyclic amines) is 1. The monoisotopic (exact) mass is 489 g/mol. The van der Waals surface area contributed by atoms with E-state index in [-0.39, 0.29) is 10.8 Å². The van der Waals surface area contributed by atoms with Gasteiger partial charge in [0.2, 0.25) is 0 Å². The second-order valence-electron chi connectivity index (χ2n) is 7.68. The van der Waals surface area contributed by atoms with E-state index in [1.54, 1.807) is 36.2 Å². The highest BCUT2D eigenvalue weighted by Crippen LogP contribution is 2.53. The maximum absolute atomic E-state index is 13.2. The Morgan fingerprint density at radius 2 is 1.97 bits per heavy atom. The molecule has 0 unspecified atom stereocenters. The van der Waals surface area contributed by atoms with Crippen LogP contribution in [0.3, 0.4) is 0 Å². The average molecular weight is 490 g/mol. The van der Waals surface area contributed by atoms with Crippen LogP contribution >= 0.6 is 15.9 Å². The molecule has 2 aliphatic rings. The van der Waals surface area contributed by atoms with Gasteiger partial charge in [-0.3, -0.25) is 19.8 Å². The van der Waals surface area contributed by atoms with Crippen LogP contribution in [-0.4, -0.2) is 48.6 Å². The molecule has 1 N–H and O–H groups in total. The highest BCUT2D eigenvalue weighted by Gasteiger charge is 2.68. The summed E-state index contributed by atoms with van der Waals surface area (Å²) in [6.07, 6.45) is 0. The summed E-state index contributed by atoms with van der Waals surface area (Å²) in [5.41, 5.74) is 0.611. The first-order valence-corrected chi connectivity index (χ1v) is 11.0. The van der Waals surface area contributed by atoms with Crippen LogP contribution in [-0.2, 0) is 10.3 Å². The van der Waals surface area contributed by atoms with Crippen LogP contribution in [0.2, 0.25) is 0 Å². The lowest BCUT2D eigenvalue weighted by atomic mass is 9.79. The largest absolute Gasteiger partial charge is 0.490 e. The first-order valence-electron chi connectivity index (χ1n) is 10.2. The fourth-order valence-corrected chi connectivity index (χ4v) is 5.50. The van der Waals surface area contributed by atoms with E-state index >= 15 is 0 Å². The van der Waals surface area contributed by atoms with Crippen molar-refractivity contribution in [1.29, 1.82) is 0 Å². The first kappa shape index (κ1) is 21.6. The number of ether oxygens (including phenoxy) is 2. The molecule has 1 amide bonds. The number of rotatable bonds is 6. The van der Waals surface area contributed by atoms with Crippen molar-refractivity contribution < 1.29 is 19.2 Å². The Morgan fingerprint density at radius 3 is 2.65 bits per heavy atom. The molecule has 9 heteroatoms. The van der Waals surface area contributed by atoms with E-state index in [1.807, 2.05) is 26.0 Å². The Balaban J connectivity index is 1.86. The Morgan fingerprint density at radius 1 is 1.26 bits per heavy atom. The number of nitrogens with zero attached hydrogens (tertiary/aromatic N) is 2. The van der Waals surface area contributed by atoms with E-state index in [2.05, 4.69) is 21.2 Å². The molecule has 31 heavy (non-hydrogen) atoms. The Hall–Kier alpha value is -2.65. The topological polar surface area (TPSA) is 93.9 Å². The first-order chi connectivity index (χ1) is 14.9. The summed E-state index contributed by atoms with van der Waals surface area (Å²) in [5, 5.41) is 15.3. The normalized spacial score (nSPS) is 24.8. The number of nitrogens with one attached hydrogen (secondary N) is 1. The molecule has 2 aromatic carbocycles. The third-order valence-electron chi connectivity index (χ3n) is 6.09. The maximum atomic E-state index is 13.2. The van der Waals surface area contributed by atoms with Gasteiger partial charge in [0.25, 0.3) is 11.9 Å². The quantitative estimate of drug-likeness (QED) is 0.490. The lowest BCUT2D eigenvalue weighted by molar-refractivity contribution is -0.534. The molecule has 3 atom stereocenters. The number of fused-ring (bicyclic) bond motifs is 2. The van der Waals surface area contributed by atoms with E-state index in [4.69, 9.17) is 9.47 Å². The predicted octanol–water partition coefficient (Wildman–Crippen LogP) is 3.77. The van der Waals surface area contributed by atoms with Crippen molar-refractivity contribution in [3.05, 3.63) is 62.1 Å². The molecule has 1 saturated heterocycles. The van der Waals surface area contributed by atoms with E-state index in [0.717, 1.165) is 5.56 Å². The van der Waals surface area contributed by atoms with Gasteiger partial charge in [-0.15, -0.1) is 0 Å². The van der Waals surface area contributed by atoms with Crippen LogP contribution in [0.25, 0.3) is 0 Å². The standard InChI is InChI=1S/C22H24BrN3O5/c1-4-30-18-11-13(10-16(23)19(18)31-5-2)14-12-25(3)22(20(14)26(28)29)15-8-6-7-9-17(15)24-21(22)27/h6-11,14,20H,4-5,12H2,1-3H3,(H,24,27)/t14-,20-,22-/m0/s1. The van der Waals surface area contributed by atoms with Gasteiger partial charge in [-0.25, -0.2) is 0 Å². The minimum absolute atomic E-state index is 0.319. The summed E-state index contributed by atoms with van der Waals surface area (Å²) >= 11 is 3.53. The fourth-order valence-electron chi connectivity index (χ4n) is 4.93. The molecule has 2 aliphatic heterocycles. The van der Waals surface area contributed by atoms with E-state index in [9.17, 15) is 14.9 Å². The van der Waals surface area contributed by atoms with Gasteiger partial charge in [-0.2, -0.15) is 0 Å². The number of amides is 1. The van der Waals surface area contributed by atoms with Gasteiger partial charge in [0.1, 0.15) is 0 Å². The molecule has 1 spiro atoms. The number of para-hydroxylation sites is 1.